The van der Waals surface area contributed by atoms with Crippen molar-refractivity contribution < 1.29 is 0 Å². The number of hydrogen-bond acceptors (Lipinski definition) is 5. The number of rotatable bonds is 9. The van der Waals surface area contributed by atoms with Gasteiger partial charge < -0.3 is 10.6 Å². The lowest BCUT2D eigenvalue weighted by Gasteiger charge is -2.24. The zero-order valence-electron chi connectivity index (χ0n) is 30.8. The fourth-order valence-electron chi connectivity index (χ4n) is 7.51. The van der Waals surface area contributed by atoms with E-state index in [1.165, 1.54) is 0 Å². The van der Waals surface area contributed by atoms with Crippen LogP contribution in [-0.2, 0) is 6.42 Å². The maximum atomic E-state index is 5.23. The summed E-state index contributed by atoms with van der Waals surface area (Å²) in [6, 6.07) is 61.7. The molecule has 6 heteroatoms. The summed E-state index contributed by atoms with van der Waals surface area (Å²) in [5.74, 6) is 2.64. The van der Waals surface area contributed by atoms with Gasteiger partial charge >= 0.3 is 0 Å². The number of aryl methyl sites for hydroxylation is 1. The number of hydrogen-bond donors (Lipinski definition) is 2. The van der Waals surface area contributed by atoms with Crippen molar-refractivity contribution in [3.8, 4) is 39.1 Å². The van der Waals surface area contributed by atoms with Gasteiger partial charge in [0.05, 0.1) is 11.0 Å². The minimum atomic E-state index is -0.457. The zero-order chi connectivity index (χ0) is 37.1. The van der Waals surface area contributed by atoms with Gasteiger partial charge in [-0.1, -0.05) is 140 Å². The number of nitrogens with one attached hydrogen (secondary N) is 2. The van der Waals surface area contributed by atoms with E-state index in [1.807, 2.05) is 49.5 Å². The van der Waals surface area contributed by atoms with Crippen LogP contribution in [0.25, 0.3) is 50.1 Å². The number of nitrogens with zero attached hydrogens (tertiary/aromatic N) is 4. The van der Waals surface area contributed by atoms with E-state index in [1.54, 1.807) is 0 Å². The summed E-state index contributed by atoms with van der Waals surface area (Å²) in [5.41, 5.74) is 14.1. The van der Waals surface area contributed by atoms with Crippen LogP contribution in [0, 0.1) is 0 Å². The van der Waals surface area contributed by atoms with Crippen molar-refractivity contribution in [2.75, 3.05) is 12.4 Å². The van der Waals surface area contributed by atoms with Gasteiger partial charge in [-0.05, 0) is 75.8 Å². The molecule has 0 radical (unpaired) electrons. The van der Waals surface area contributed by atoms with Crippen LogP contribution in [0.15, 0.2) is 186 Å². The van der Waals surface area contributed by atoms with E-state index in [2.05, 4.69) is 156 Å². The second-order valence-corrected chi connectivity index (χ2v) is 13.6. The topological polar surface area (TPSA) is 66.6 Å². The van der Waals surface area contributed by atoms with Gasteiger partial charge in [0.2, 0.25) is 0 Å². The van der Waals surface area contributed by atoms with E-state index >= 15 is 0 Å². The number of aromatic nitrogens is 2. The quantitative estimate of drug-likeness (QED) is 0.157. The third-order valence-electron chi connectivity index (χ3n) is 10.2. The maximum Gasteiger partial charge on any atom is 0.170 e. The third kappa shape index (κ3) is 6.59. The number of anilines is 1. The summed E-state index contributed by atoms with van der Waals surface area (Å²) in [5, 5.41) is 6.91. The number of aliphatic imine (C=N–C) groups is 2. The minimum Gasteiger partial charge on any atom is -0.388 e. The molecule has 2 heterocycles. The van der Waals surface area contributed by atoms with Gasteiger partial charge in [-0.25, -0.2) is 15.0 Å². The van der Waals surface area contributed by atoms with Crippen molar-refractivity contribution in [3.05, 3.63) is 198 Å². The smallest absolute Gasteiger partial charge is 0.170 e. The lowest BCUT2D eigenvalue weighted by Crippen LogP contribution is -2.36. The summed E-state index contributed by atoms with van der Waals surface area (Å²) >= 11 is 0. The first-order chi connectivity index (χ1) is 27.2. The van der Waals surface area contributed by atoms with Crippen LogP contribution in [0.4, 0.5) is 5.69 Å². The molecule has 0 fully saturated rings. The van der Waals surface area contributed by atoms with Gasteiger partial charge in [-0.15, -0.1) is 0 Å². The molecule has 0 unspecified atom stereocenters. The van der Waals surface area contributed by atoms with E-state index in [9.17, 15) is 0 Å². The summed E-state index contributed by atoms with van der Waals surface area (Å²) in [6.07, 6.45) is 0.385. The molecule has 0 atom stereocenters. The van der Waals surface area contributed by atoms with Crippen LogP contribution < -0.4 is 10.6 Å². The molecule has 8 aromatic rings. The molecule has 0 saturated heterocycles. The standard InChI is InChI=1S/C49H40N6/c1-3-46-51-44-26-12-13-27-45(44)55(46)39-23-15-21-36(31-39)35-20-14-22-37(30-35)43-32-38(50-2)28-29-41(43)40-24-10-11-25-42(40)49-53-47(33-16-6-4-7-17-33)52-48(54-49)34-18-8-5-9-19-34/h4-32,49-50H,3H2,1-2H3,(H,52,53,54). The average molecular weight is 713 g/mol. The minimum absolute atomic E-state index is 0.457. The highest BCUT2D eigenvalue weighted by atomic mass is 15.2. The van der Waals surface area contributed by atoms with Crippen molar-refractivity contribution in [3.63, 3.8) is 0 Å². The monoisotopic (exact) mass is 712 g/mol. The molecule has 6 nitrogen and oxygen atoms in total. The van der Waals surface area contributed by atoms with Crippen molar-refractivity contribution in [2.45, 2.75) is 19.5 Å². The molecular formula is C49H40N6. The van der Waals surface area contributed by atoms with Gasteiger partial charge in [0, 0.05) is 41.5 Å². The molecular weight excluding hydrogens is 673 g/mol. The Morgan fingerprint density at radius 1 is 0.545 bits per heavy atom. The van der Waals surface area contributed by atoms with Gasteiger partial charge in [0.1, 0.15) is 17.5 Å². The summed E-state index contributed by atoms with van der Waals surface area (Å²) in [6.45, 7) is 2.16. The molecule has 9 rings (SSSR count). The zero-order valence-corrected chi connectivity index (χ0v) is 30.8. The number of para-hydroxylation sites is 2. The predicted molar refractivity (Wildman–Crippen MR) is 228 cm³/mol. The fourth-order valence-corrected chi connectivity index (χ4v) is 7.51. The van der Waals surface area contributed by atoms with Crippen molar-refractivity contribution >= 4 is 28.4 Å². The molecule has 2 N–H and O–H groups in total. The number of amidine groups is 2. The molecule has 1 aliphatic rings. The van der Waals surface area contributed by atoms with Gasteiger partial charge in [-0.2, -0.15) is 0 Å². The van der Waals surface area contributed by atoms with Gasteiger partial charge in [-0.3, -0.25) is 4.57 Å². The lowest BCUT2D eigenvalue weighted by atomic mass is 9.89. The Labute approximate surface area is 321 Å². The molecule has 0 aliphatic carbocycles. The van der Waals surface area contributed by atoms with Crippen molar-refractivity contribution in [1.82, 2.24) is 14.9 Å². The molecule has 1 aromatic heterocycles. The van der Waals surface area contributed by atoms with Crippen LogP contribution in [0.3, 0.4) is 0 Å². The van der Waals surface area contributed by atoms with Crippen LogP contribution in [0.2, 0.25) is 0 Å². The molecule has 0 spiro atoms. The van der Waals surface area contributed by atoms with E-state index in [4.69, 9.17) is 15.0 Å². The Balaban J connectivity index is 1.15. The van der Waals surface area contributed by atoms with Gasteiger partial charge in [0.15, 0.2) is 6.17 Å². The highest BCUT2D eigenvalue weighted by molar-refractivity contribution is 6.16. The Morgan fingerprint density at radius 3 is 1.89 bits per heavy atom. The molecule has 7 aromatic carbocycles. The largest absolute Gasteiger partial charge is 0.388 e. The van der Waals surface area contributed by atoms with E-state index < -0.39 is 6.17 Å². The van der Waals surface area contributed by atoms with Crippen LogP contribution in [-0.4, -0.2) is 28.3 Å². The Kier molecular flexibility index (Phi) is 9.06. The summed E-state index contributed by atoms with van der Waals surface area (Å²) in [7, 11) is 1.97. The first-order valence-corrected chi connectivity index (χ1v) is 18.8. The number of fused-ring (bicyclic) bond motifs is 1. The normalized spacial score (nSPS) is 12.9. The van der Waals surface area contributed by atoms with E-state index in [0.29, 0.717) is 0 Å². The number of benzene rings is 7. The SMILES string of the molecule is CCc1nc2ccccc2n1-c1cccc(-c2cccc(-c3cc(NC)ccc3-c3ccccc3C3N=C(c4ccccc4)NC(c4ccccc4)=N3)c2)c1. The van der Waals surface area contributed by atoms with E-state index in [0.717, 1.165) is 96.4 Å². The first-order valence-electron chi connectivity index (χ1n) is 18.8. The van der Waals surface area contributed by atoms with Crippen LogP contribution in [0.1, 0.15) is 35.6 Å². The van der Waals surface area contributed by atoms with Crippen molar-refractivity contribution in [2.24, 2.45) is 9.98 Å². The molecule has 0 bridgehead atoms. The lowest BCUT2D eigenvalue weighted by molar-refractivity contribution is 0.757. The predicted octanol–water partition coefficient (Wildman–Crippen LogP) is 11.1. The first kappa shape index (κ1) is 33.8. The third-order valence-corrected chi connectivity index (χ3v) is 10.2. The van der Waals surface area contributed by atoms with Gasteiger partial charge in [0.25, 0.3) is 0 Å². The Morgan fingerprint density at radius 2 is 1.16 bits per heavy atom. The highest BCUT2D eigenvalue weighted by Crippen LogP contribution is 2.40. The number of imidazole rings is 1. The molecule has 0 amide bonds. The van der Waals surface area contributed by atoms with Crippen LogP contribution in [0.5, 0.6) is 0 Å². The molecule has 0 saturated carbocycles. The average Bonchev–Trinajstić information content (AvgIpc) is 3.66. The molecule has 266 valence electrons. The second-order valence-electron chi connectivity index (χ2n) is 13.6. The molecule has 1 aliphatic heterocycles. The molecule has 55 heavy (non-hydrogen) atoms. The highest BCUT2D eigenvalue weighted by Gasteiger charge is 2.24. The van der Waals surface area contributed by atoms with Crippen LogP contribution >= 0.6 is 0 Å². The Bertz CT molecular complexity index is 2650. The fraction of sp³-hybridized carbons (Fsp3) is 0.0816. The Hall–Kier alpha value is -7.05. The second kappa shape index (κ2) is 14.8. The maximum absolute atomic E-state index is 5.23. The van der Waals surface area contributed by atoms with Crippen molar-refractivity contribution in [1.29, 1.82) is 0 Å². The van der Waals surface area contributed by atoms with E-state index in [-0.39, 0.29) is 0 Å². The summed E-state index contributed by atoms with van der Waals surface area (Å²) in [4.78, 5) is 15.4. The summed E-state index contributed by atoms with van der Waals surface area (Å²) < 4.78 is 2.28.